The van der Waals surface area contributed by atoms with E-state index in [-0.39, 0.29) is 0 Å². The van der Waals surface area contributed by atoms with E-state index in [1.54, 1.807) is 11.8 Å². The lowest BCUT2D eigenvalue weighted by Crippen LogP contribution is -1.82. The molecule has 0 N–H and O–H groups in total. The van der Waals surface area contributed by atoms with E-state index in [2.05, 4.69) is 127 Å². The predicted molar refractivity (Wildman–Crippen MR) is 125 cm³/mol. The van der Waals surface area contributed by atoms with Crippen molar-refractivity contribution in [1.29, 1.82) is 0 Å². The Labute approximate surface area is 178 Å². The van der Waals surface area contributed by atoms with Crippen LogP contribution in [0, 0.1) is 10.5 Å². The number of aryl methyl sites for hydroxylation is 1. The molecule has 132 valence electrons. The van der Waals surface area contributed by atoms with E-state index < -0.39 is 0 Å². The second kappa shape index (κ2) is 8.32. The highest BCUT2D eigenvalue weighted by Gasteiger charge is 2.04. The van der Waals surface area contributed by atoms with Gasteiger partial charge < -0.3 is 0 Å². The molecule has 0 nitrogen and oxygen atoms in total. The lowest BCUT2D eigenvalue weighted by Gasteiger charge is -2.08. The summed E-state index contributed by atoms with van der Waals surface area (Å²) >= 11 is 4.20. The van der Waals surface area contributed by atoms with Gasteiger partial charge in [0.1, 0.15) is 0 Å². The number of hydrogen-bond donors (Lipinski definition) is 0. The fraction of sp³-hybridized carbons (Fsp3) is 0.0400. The minimum atomic E-state index is 1.26. The summed E-state index contributed by atoms with van der Waals surface area (Å²) in [5.74, 6) is 0. The van der Waals surface area contributed by atoms with Gasteiger partial charge in [0, 0.05) is 13.4 Å². The van der Waals surface area contributed by atoms with Crippen molar-refractivity contribution in [3.63, 3.8) is 0 Å². The van der Waals surface area contributed by atoms with Gasteiger partial charge in [-0.1, -0.05) is 84.1 Å². The Kier molecular flexibility index (Phi) is 5.65. The zero-order valence-electron chi connectivity index (χ0n) is 15.0. The fourth-order valence-corrected chi connectivity index (χ4v) is 4.59. The second-order valence-corrected chi connectivity index (χ2v) is 8.81. The lowest BCUT2D eigenvalue weighted by atomic mass is 10.0. The van der Waals surface area contributed by atoms with Crippen LogP contribution >= 0.6 is 34.4 Å². The summed E-state index contributed by atoms with van der Waals surface area (Å²) in [7, 11) is 0. The third-order valence-electron chi connectivity index (χ3n) is 4.48. The summed E-state index contributed by atoms with van der Waals surface area (Å²) in [4.78, 5) is 2.52. The Morgan fingerprint density at radius 1 is 0.593 bits per heavy atom. The molecule has 0 amide bonds. The van der Waals surface area contributed by atoms with E-state index in [4.69, 9.17) is 0 Å². The molecule has 0 aromatic heterocycles. The molecular weight excluding hydrogens is 459 g/mol. The van der Waals surface area contributed by atoms with E-state index in [9.17, 15) is 0 Å². The summed E-state index contributed by atoms with van der Waals surface area (Å²) < 4.78 is 1.28. The van der Waals surface area contributed by atoms with Gasteiger partial charge in [0.05, 0.1) is 0 Å². The van der Waals surface area contributed by atoms with Crippen LogP contribution in [0.25, 0.3) is 22.3 Å². The lowest BCUT2D eigenvalue weighted by molar-refractivity contribution is 1.40. The monoisotopic (exact) mass is 478 g/mol. The highest BCUT2D eigenvalue weighted by Crippen LogP contribution is 2.32. The summed E-state index contributed by atoms with van der Waals surface area (Å²) in [5, 5.41) is 0. The predicted octanol–water partition coefficient (Wildman–Crippen LogP) is 8.08. The number of hydrogen-bond acceptors (Lipinski definition) is 1. The van der Waals surface area contributed by atoms with Crippen LogP contribution in [-0.4, -0.2) is 0 Å². The van der Waals surface area contributed by atoms with Gasteiger partial charge in [0.15, 0.2) is 0 Å². The van der Waals surface area contributed by atoms with Gasteiger partial charge in [-0.3, -0.25) is 0 Å². The summed E-state index contributed by atoms with van der Waals surface area (Å²) in [6, 6.07) is 34.8. The third kappa shape index (κ3) is 4.45. The summed E-state index contributed by atoms with van der Waals surface area (Å²) in [5.41, 5.74) is 6.38. The molecule has 0 saturated carbocycles. The molecule has 0 aliphatic carbocycles. The van der Waals surface area contributed by atoms with Crippen molar-refractivity contribution < 1.29 is 0 Å². The maximum atomic E-state index is 2.40. The first-order valence-corrected chi connectivity index (χ1v) is 10.8. The Balaban J connectivity index is 1.50. The topological polar surface area (TPSA) is 0 Å². The van der Waals surface area contributed by atoms with Gasteiger partial charge >= 0.3 is 0 Å². The summed E-state index contributed by atoms with van der Waals surface area (Å²) in [6.07, 6.45) is 0. The number of benzene rings is 4. The van der Waals surface area contributed by atoms with Crippen LogP contribution in [0.3, 0.4) is 0 Å². The first kappa shape index (κ1) is 18.3. The molecule has 4 rings (SSSR count). The highest BCUT2D eigenvalue weighted by atomic mass is 127. The molecule has 0 spiro atoms. The highest BCUT2D eigenvalue weighted by molar-refractivity contribution is 14.1. The molecule has 0 aliphatic heterocycles. The molecule has 0 heterocycles. The van der Waals surface area contributed by atoms with E-state index in [0.717, 1.165) is 0 Å². The molecule has 4 aromatic carbocycles. The first-order chi connectivity index (χ1) is 13.2. The molecule has 0 fully saturated rings. The molecule has 0 unspecified atom stereocenters. The minimum absolute atomic E-state index is 1.26. The normalized spacial score (nSPS) is 10.7. The molecule has 0 radical (unpaired) electrons. The molecular formula is C25H19IS. The maximum absolute atomic E-state index is 2.40. The van der Waals surface area contributed by atoms with Gasteiger partial charge in [-0.25, -0.2) is 0 Å². The number of halogens is 1. The van der Waals surface area contributed by atoms with Crippen LogP contribution in [0.2, 0.25) is 0 Å². The SMILES string of the molecule is Cc1cccc(-c2ccc(Sc3ccc(-c4ccccc4I)cc3)cc2)c1. The van der Waals surface area contributed by atoms with Crippen LogP contribution in [0.15, 0.2) is 107 Å². The van der Waals surface area contributed by atoms with Crippen molar-refractivity contribution in [2.24, 2.45) is 0 Å². The van der Waals surface area contributed by atoms with Crippen LogP contribution in [0.5, 0.6) is 0 Å². The largest absolute Gasteiger partial charge is 0.0901 e. The fourth-order valence-electron chi connectivity index (χ4n) is 3.07. The van der Waals surface area contributed by atoms with E-state index in [1.807, 2.05) is 0 Å². The average Bonchev–Trinajstić information content (AvgIpc) is 2.70. The standard InChI is InChI=1S/C25H19IS/c1-18-5-4-6-21(17-18)19-9-13-22(14-10-19)27-23-15-11-20(12-16-23)24-7-2-3-8-25(24)26/h2-17H,1H3. The average molecular weight is 478 g/mol. The molecule has 2 heteroatoms. The molecule has 0 atom stereocenters. The smallest absolute Gasteiger partial charge is 0.0208 e. The van der Waals surface area contributed by atoms with Crippen LogP contribution in [0.1, 0.15) is 5.56 Å². The van der Waals surface area contributed by atoms with E-state index in [0.29, 0.717) is 0 Å². The van der Waals surface area contributed by atoms with Crippen LogP contribution in [-0.2, 0) is 0 Å². The zero-order valence-corrected chi connectivity index (χ0v) is 18.0. The molecule has 27 heavy (non-hydrogen) atoms. The van der Waals surface area contributed by atoms with Gasteiger partial charge in [-0.2, -0.15) is 0 Å². The van der Waals surface area contributed by atoms with Crippen molar-refractivity contribution in [1.82, 2.24) is 0 Å². The molecule has 0 bridgehead atoms. The van der Waals surface area contributed by atoms with Crippen LogP contribution in [0.4, 0.5) is 0 Å². The third-order valence-corrected chi connectivity index (χ3v) is 6.44. The Morgan fingerprint density at radius 2 is 1.22 bits per heavy atom. The van der Waals surface area contributed by atoms with Gasteiger partial charge in [-0.05, 0) is 82.1 Å². The van der Waals surface area contributed by atoms with Crippen LogP contribution < -0.4 is 0 Å². The van der Waals surface area contributed by atoms with Crippen molar-refractivity contribution in [2.75, 3.05) is 0 Å². The van der Waals surface area contributed by atoms with Gasteiger partial charge in [-0.15, -0.1) is 0 Å². The summed E-state index contributed by atoms with van der Waals surface area (Å²) in [6.45, 7) is 2.13. The minimum Gasteiger partial charge on any atom is -0.0901 e. The van der Waals surface area contributed by atoms with E-state index in [1.165, 1.54) is 41.2 Å². The van der Waals surface area contributed by atoms with E-state index >= 15 is 0 Å². The quantitative estimate of drug-likeness (QED) is 0.267. The molecule has 0 aliphatic rings. The van der Waals surface area contributed by atoms with Crippen molar-refractivity contribution in [3.05, 3.63) is 106 Å². The Hall–Kier alpha value is -2.04. The Morgan fingerprint density at radius 3 is 1.85 bits per heavy atom. The molecule has 0 saturated heterocycles. The van der Waals surface area contributed by atoms with Crippen molar-refractivity contribution in [2.45, 2.75) is 16.7 Å². The first-order valence-electron chi connectivity index (χ1n) is 8.89. The maximum Gasteiger partial charge on any atom is 0.0208 e. The van der Waals surface area contributed by atoms with Gasteiger partial charge in [0.25, 0.3) is 0 Å². The second-order valence-electron chi connectivity index (χ2n) is 6.50. The molecule has 4 aromatic rings. The number of rotatable bonds is 4. The van der Waals surface area contributed by atoms with Crippen molar-refractivity contribution >= 4 is 34.4 Å². The van der Waals surface area contributed by atoms with Gasteiger partial charge in [0.2, 0.25) is 0 Å². The zero-order chi connectivity index (χ0) is 18.6. The van der Waals surface area contributed by atoms with Crippen molar-refractivity contribution in [3.8, 4) is 22.3 Å². The Bertz CT molecular complexity index is 1050.